The fraction of sp³-hybridized carbons (Fsp3) is 0.529. The van der Waals surface area contributed by atoms with E-state index >= 15 is 0 Å². The molecule has 0 aliphatic carbocycles. The highest BCUT2D eigenvalue weighted by Crippen LogP contribution is 2.23. The Bertz CT molecular complexity index is 628. The van der Waals surface area contributed by atoms with E-state index in [9.17, 15) is 0 Å². The predicted molar refractivity (Wildman–Crippen MR) is 87.0 cm³/mol. The van der Waals surface area contributed by atoms with Crippen LogP contribution in [-0.2, 0) is 4.74 Å². The number of hydrogen-bond donors (Lipinski definition) is 1. The fourth-order valence-corrected chi connectivity index (χ4v) is 3.53. The van der Waals surface area contributed by atoms with Crippen molar-refractivity contribution in [3.63, 3.8) is 0 Å². The molecule has 0 saturated carbocycles. The highest BCUT2D eigenvalue weighted by atomic mass is 16.5. The topological polar surface area (TPSA) is 50.3 Å². The third-order valence-electron chi connectivity index (χ3n) is 4.84. The Kier molecular flexibility index (Phi) is 3.91. The van der Waals surface area contributed by atoms with E-state index in [1.54, 1.807) is 6.33 Å². The minimum atomic E-state index is 0.497. The number of aromatic nitrogens is 2. The normalized spacial score (nSPS) is 23.9. The molecule has 22 heavy (non-hydrogen) atoms. The number of benzene rings is 1. The first kappa shape index (κ1) is 13.9. The number of anilines is 1. The summed E-state index contributed by atoms with van der Waals surface area (Å²) in [7, 11) is 0. The van der Waals surface area contributed by atoms with E-state index in [4.69, 9.17) is 4.74 Å². The standard InChI is InChI=1S/C17H22N4O/c1-2-4-16-15(3-1)17(19-12-18-16)20-13-5-8-21(9-6-13)14-7-10-22-11-14/h1-4,12-14H,5-11H2,(H,18,19,20). The molecule has 1 N–H and O–H groups in total. The Morgan fingerprint density at radius 2 is 1.95 bits per heavy atom. The van der Waals surface area contributed by atoms with E-state index in [-0.39, 0.29) is 0 Å². The molecule has 4 rings (SSSR count). The molecule has 2 aliphatic heterocycles. The molecule has 1 aromatic heterocycles. The minimum Gasteiger partial charge on any atom is -0.380 e. The molecule has 0 amide bonds. The molecule has 2 aromatic rings. The zero-order valence-electron chi connectivity index (χ0n) is 12.7. The average Bonchev–Trinajstić information content (AvgIpc) is 3.10. The third kappa shape index (κ3) is 2.78. The second-order valence-electron chi connectivity index (χ2n) is 6.21. The van der Waals surface area contributed by atoms with Crippen LogP contribution < -0.4 is 5.32 Å². The van der Waals surface area contributed by atoms with Crippen LogP contribution in [0.5, 0.6) is 0 Å². The van der Waals surface area contributed by atoms with Crippen LogP contribution in [0.25, 0.3) is 10.9 Å². The largest absolute Gasteiger partial charge is 0.380 e. The molecule has 1 atom stereocenters. The minimum absolute atomic E-state index is 0.497. The predicted octanol–water partition coefficient (Wildman–Crippen LogP) is 2.29. The van der Waals surface area contributed by atoms with Crippen LogP contribution in [0.4, 0.5) is 5.82 Å². The molecule has 1 unspecified atom stereocenters. The Morgan fingerprint density at radius 3 is 2.77 bits per heavy atom. The van der Waals surface area contributed by atoms with Crippen molar-refractivity contribution in [3.05, 3.63) is 30.6 Å². The van der Waals surface area contributed by atoms with Crippen molar-refractivity contribution in [2.45, 2.75) is 31.3 Å². The lowest BCUT2D eigenvalue weighted by Crippen LogP contribution is -2.44. The molecule has 116 valence electrons. The molecule has 5 nitrogen and oxygen atoms in total. The highest BCUT2D eigenvalue weighted by Gasteiger charge is 2.27. The smallest absolute Gasteiger partial charge is 0.137 e. The fourth-order valence-electron chi connectivity index (χ4n) is 3.53. The first-order valence-corrected chi connectivity index (χ1v) is 8.18. The van der Waals surface area contributed by atoms with Gasteiger partial charge in [-0.1, -0.05) is 12.1 Å². The SMILES string of the molecule is c1ccc2c(NC3CCN(C4CCOC4)CC3)ncnc2c1. The Morgan fingerprint density at radius 1 is 1.09 bits per heavy atom. The van der Waals surface area contributed by atoms with Crippen LogP contribution in [-0.4, -0.2) is 53.3 Å². The Labute approximate surface area is 130 Å². The number of likely N-dealkylation sites (tertiary alicyclic amines) is 1. The molecule has 2 saturated heterocycles. The first-order chi connectivity index (χ1) is 10.9. The zero-order chi connectivity index (χ0) is 14.8. The lowest BCUT2D eigenvalue weighted by molar-refractivity contribution is 0.124. The molecular formula is C17H22N4O. The van der Waals surface area contributed by atoms with Crippen LogP contribution in [0, 0.1) is 0 Å². The van der Waals surface area contributed by atoms with Gasteiger partial charge in [0, 0.05) is 37.2 Å². The number of para-hydroxylation sites is 1. The Balaban J connectivity index is 1.41. The summed E-state index contributed by atoms with van der Waals surface area (Å²) in [6.45, 7) is 4.13. The number of fused-ring (bicyclic) bond motifs is 1. The molecule has 3 heterocycles. The molecule has 0 radical (unpaired) electrons. The summed E-state index contributed by atoms with van der Waals surface area (Å²) in [6.07, 6.45) is 5.16. The summed E-state index contributed by atoms with van der Waals surface area (Å²) in [4.78, 5) is 11.4. The van der Waals surface area contributed by atoms with Gasteiger partial charge in [-0.15, -0.1) is 0 Å². The van der Waals surface area contributed by atoms with Crippen LogP contribution >= 0.6 is 0 Å². The van der Waals surface area contributed by atoms with E-state index in [2.05, 4.69) is 26.3 Å². The molecule has 0 spiro atoms. The summed E-state index contributed by atoms with van der Waals surface area (Å²) < 4.78 is 5.51. The highest BCUT2D eigenvalue weighted by molar-refractivity contribution is 5.88. The quantitative estimate of drug-likeness (QED) is 0.942. The van der Waals surface area contributed by atoms with E-state index in [1.165, 1.54) is 6.42 Å². The van der Waals surface area contributed by atoms with Crippen LogP contribution in [0.2, 0.25) is 0 Å². The summed E-state index contributed by atoms with van der Waals surface area (Å²) >= 11 is 0. The van der Waals surface area contributed by atoms with Crippen LogP contribution in [0.3, 0.4) is 0 Å². The Hall–Kier alpha value is -1.72. The summed E-state index contributed by atoms with van der Waals surface area (Å²) in [6, 6.07) is 9.31. The lowest BCUT2D eigenvalue weighted by atomic mass is 10.0. The van der Waals surface area contributed by atoms with E-state index in [0.29, 0.717) is 12.1 Å². The summed E-state index contributed by atoms with van der Waals surface area (Å²) in [5.41, 5.74) is 1.00. The number of piperidine rings is 1. The number of rotatable bonds is 3. The summed E-state index contributed by atoms with van der Waals surface area (Å²) in [5.74, 6) is 0.966. The molecule has 0 bridgehead atoms. The van der Waals surface area contributed by atoms with Gasteiger partial charge in [-0.3, -0.25) is 4.90 Å². The third-order valence-corrected chi connectivity index (χ3v) is 4.84. The molecule has 2 aliphatic rings. The van der Waals surface area contributed by atoms with Crippen molar-refractivity contribution in [1.29, 1.82) is 0 Å². The maximum absolute atomic E-state index is 5.51. The van der Waals surface area contributed by atoms with Crippen LogP contribution in [0.15, 0.2) is 30.6 Å². The molecule has 1 aromatic carbocycles. The van der Waals surface area contributed by atoms with Gasteiger partial charge < -0.3 is 10.1 Å². The van der Waals surface area contributed by atoms with Gasteiger partial charge in [0.25, 0.3) is 0 Å². The van der Waals surface area contributed by atoms with Gasteiger partial charge in [-0.25, -0.2) is 9.97 Å². The van der Waals surface area contributed by atoms with Gasteiger partial charge in [-0.05, 0) is 31.4 Å². The molecule has 5 heteroatoms. The van der Waals surface area contributed by atoms with E-state index in [0.717, 1.165) is 55.9 Å². The maximum atomic E-state index is 5.51. The second kappa shape index (κ2) is 6.18. The van der Waals surface area contributed by atoms with Crippen molar-refractivity contribution < 1.29 is 4.74 Å². The second-order valence-corrected chi connectivity index (χ2v) is 6.21. The summed E-state index contributed by atoms with van der Waals surface area (Å²) in [5, 5.41) is 4.73. The van der Waals surface area contributed by atoms with Crippen molar-refractivity contribution in [3.8, 4) is 0 Å². The van der Waals surface area contributed by atoms with Crippen molar-refractivity contribution >= 4 is 16.7 Å². The average molecular weight is 298 g/mol. The number of ether oxygens (including phenoxy) is 1. The maximum Gasteiger partial charge on any atom is 0.137 e. The van der Waals surface area contributed by atoms with Gasteiger partial charge in [0.05, 0.1) is 12.1 Å². The number of nitrogens with zero attached hydrogens (tertiary/aromatic N) is 3. The van der Waals surface area contributed by atoms with Crippen molar-refractivity contribution in [2.24, 2.45) is 0 Å². The van der Waals surface area contributed by atoms with Gasteiger partial charge in [0.2, 0.25) is 0 Å². The van der Waals surface area contributed by atoms with E-state index < -0.39 is 0 Å². The van der Waals surface area contributed by atoms with Crippen molar-refractivity contribution in [2.75, 3.05) is 31.6 Å². The van der Waals surface area contributed by atoms with Gasteiger partial charge in [0.1, 0.15) is 12.1 Å². The number of hydrogen-bond acceptors (Lipinski definition) is 5. The zero-order valence-corrected chi connectivity index (χ0v) is 12.7. The number of nitrogens with one attached hydrogen (secondary N) is 1. The molecular weight excluding hydrogens is 276 g/mol. The van der Waals surface area contributed by atoms with Gasteiger partial charge >= 0.3 is 0 Å². The first-order valence-electron chi connectivity index (χ1n) is 8.18. The van der Waals surface area contributed by atoms with Gasteiger partial charge in [-0.2, -0.15) is 0 Å². The molecule has 2 fully saturated rings. The van der Waals surface area contributed by atoms with Gasteiger partial charge in [0.15, 0.2) is 0 Å². The van der Waals surface area contributed by atoms with Crippen LogP contribution in [0.1, 0.15) is 19.3 Å². The van der Waals surface area contributed by atoms with Crippen molar-refractivity contribution in [1.82, 2.24) is 14.9 Å². The monoisotopic (exact) mass is 298 g/mol. The van der Waals surface area contributed by atoms with E-state index in [1.807, 2.05) is 18.2 Å². The lowest BCUT2D eigenvalue weighted by Gasteiger charge is -2.35.